The van der Waals surface area contributed by atoms with Crippen molar-refractivity contribution in [1.29, 1.82) is 0 Å². The molecule has 6 nitrogen and oxygen atoms in total. The van der Waals surface area contributed by atoms with Crippen LogP contribution >= 0.6 is 0 Å². The minimum atomic E-state index is 0.697. The van der Waals surface area contributed by atoms with E-state index in [0.717, 1.165) is 40.9 Å². The summed E-state index contributed by atoms with van der Waals surface area (Å²) in [5, 5.41) is 13.1. The summed E-state index contributed by atoms with van der Waals surface area (Å²) in [5.41, 5.74) is 5.39. The lowest BCUT2D eigenvalue weighted by Gasteiger charge is -2.30. The second-order valence-corrected chi connectivity index (χ2v) is 7.08. The predicted molar refractivity (Wildman–Crippen MR) is 111 cm³/mol. The van der Waals surface area contributed by atoms with E-state index in [4.69, 9.17) is 10.2 Å². The van der Waals surface area contributed by atoms with Crippen LogP contribution in [-0.4, -0.2) is 26.2 Å². The Balaban J connectivity index is 1.52. The molecule has 4 aromatic rings. The molecule has 0 saturated heterocycles. The maximum Gasteiger partial charge on any atom is 0.136 e. The van der Waals surface area contributed by atoms with Gasteiger partial charge in [-0.05, 0) is 38.1 Å². The van der Waals surface area contributed by atoms with E-state index in [0.29, 0.717) is 6.67 Å². The van der Waals surface area contributed by atoms with Gasteiger partial charge in [-0.15, -0.1) is 0 Å². The minimum Gasteiger partial charge on any atom is -0.352 e. The Kier molecular flexibility index (Phi) is 3.90. The molecule has 140 valence electrons. The molecule has 0 amide bonds. The lowest BCUT2D eigenvalue weighted by Crippen LogP contribution is -2.35. The monoisotopic (exact) mass is 370 g/mol. The highest BCUT2D eigenvalue weighted by atomic mass is 15.4. The van der Waals surface area contributed by atoms with Crippen LogP contribution in [0, 0.1) is 13.8 Å². The Labute approximate surface area is 164 Å². The molecule has 0 radical (unpaired) electrons. The molecular formula is C22H22N6. The average molecular weight is 370 g/mol. The number of nitrogens with one attached hydrogen (secondary N) is 1. The van der Waals surface area contributed by atoms with Gasteiger partial charge in [-0.25, -0.2) is 9.36 Å². The summed E-state index contributed by atoms with van der Waals surface area (Å²) in [6, 6.07) is 22.6. The summed E-state index contributed by atoms with van der Waals surface area (Å²) in [7, 11) is 0. The summed E-state index contributed by atoms with van der Waals surface area (Å²) in [6.07, 6.45) is 0. The average Bonchev–Trinajstić information content (AvgIpc) is 3.29. The van der Waals surface area contributed by atoms with Gasteiger partial charge in [0.2, 0.25) is 0 Å². The van der Waals surface area contributed by atoms with Gasteiger partial charge in [-0.3, -0.25) is 0 Å². The molecule has 2 aromatic heterocycles. The standard InChI is InChI=1S/C22H22N6/c1-16-13-21(27(24-16)18-9-5-3-6-10-18)26-14-20-17(2)25-28(22(20)23-15-26)19-11-7-4-8-12-19/h3-13,23H,14-15H2,1-2H3. The van der Waals surface area contributed by atoms with Crippen LogP contribution in [0.5, 0.6) is 0 Å². The number of hydrogen-bond acceptors (Lipinski definition) is 4. The Bertz CT molecular complexity index is 1110. The molecular weight excluding hydrogens is 348 g/mol. The third-order valence-electron chi connectivity index (χ3n) is 5.11. The van der Waals surface area contributed by atoms with Gasteiger partial charge in [-0.1, -0.05) is 36.4 Å². The van der Waals surface area contributed by atoms with E-state index in [1.165, 1.54) is 5.56 Å². The van der Waals surface area contributed by atoms with Crippen molar-refractivity contribution in [1.82, 2.24) is 19.6 Å². The van der Waals surface area contributed by atoms with Crippen LogP contribution in [0.25, 0.3) is 11.4 Å². The molecule has 6 heteroatoms. The second kappa shape index (κ2) is 6.56. The van der Waals surface area contributed by atoms with Crippen LogP contribution in [0.15, 0.2) is 66.7 Å². The zero-order valence-electron chi connectivity index (χ0n) is 16.0. The van der Waals surface area contributed by atoms with Crippen molar-refractivity contribution in [2.45, 2.75) is 20.4 Å². The van der Waals surface area contributed by atoms with E-state index in [1.54, 1.807) is 0 Å². The molecule has 2 aromatic carbocycles. The van der Waals surface area contributed by atoms with E-state index < -0.39 is 0 Å². The first-order valence-corrected chi connectivity index (χ1v) is 9.45. The molecule has 0 aliphatic carbocycles. The van der Waals surface area contributed by atoms with E-state index >= 15 is 0 Å². The molecule has 0 saturated carbocycles. The van der Waals surface area contributed by atoms with Crippen molar-refractivity contribution >= 4 is 11.6 Å². The normalized spacial score (nSPS) is 13.3. The number of aryl methyl sites for hydroxylation is 2. The smallest absolute Gasteiger partial charge is 0.136 e. The molecule has 1 aliphatic heterocycles. The summed E-state index contributed by atoms with van der Waals surface area (Å²) in [5.74, 6) is 2.15. The van der Waals surface area contributed by atoms with Crippen molar-refractivity contribution in [3.63, 3.8) is 0 Å². The van der Waals surface area contributed by atoms with Crippen molar-refractivity contribution in [2.75, 3.05) is 16.9 Å². The largest absolute Gasteiger partial charge is 0.352 e. The third kappa shape index (κ3) is 2.74. The van der Waals surface area contributed by atoms with E-state index in [9.17, 15) is 0 Å². The maximum absolute atomic E-state index is 4.78. The lowest BCUT2D eigenvalue weighted by atomic mass is 10.2. The zero-order valence-corrected chi connectivity index (χ0v) is 16.0. The number of anilines is 2. The highest BCUT2D eigenvalue weighted by molar-refractivity contribution is 5.60. The minimum absolute atomic E-state index is 0.697. The van der Waals surface area contributed by atoms with Crippen molar-refractivity contribution in [2.24, 2.45) is 0 Å². The fourth-order valence-corrected chi connectivity index (χ4v) is 3.74. The lowest BCUT2D eigenvalue weighted by molar-refractivity contribution is 0.742. The number of fused-ring (bicyclic) bond motifs is 1. The van der Waals surface area contributed by atoms with Gasteiger partial charge in [0.25, 0.3) is 0 Å². The van der Waals surface area contributed by atoms with Crippen LogP contribution in [0.1, 0.15) is 17.0 Å². The number of para-hydroxylation sites is 2. The van der Waals surface area contributed by atoms with Gasteiger partial charge >= 0.3 is 0 Å². The quantitative estimate of drug-likeness (QED) is 0.591. The predicted octanol–water partition coefficient (Wildman–Crippen LogP) is 4.06. The van der Waals surface area contributed by atoms with Crippen LogP contribution in [-0.2, 0) is 6.54 Å². The van der Waals surface area contributed by atoms with Crippen LogP contribution in [0.3, 0.4) is 0 Å². The van der Waals surface area contributed by atoms with E-state index in [1.807, 2.05) is 52.7 Å². The topological polar surface area (TPSA) is 50.9 Å². The molecule has 28 heavy (non-hydrogen) atoms. The molecule has 0 atom stereocenters. The maximum atomic E-state index is 4.78. The number of rotatable bonds is 3. The number of benzene rings is 2. The molecule has 5 rings (SSSR count). The van der Waals surface area contributed by atoms with Gasteiger partial charge in [0.1, 0.15) is 11.6 Å². The Morgan fingerprint density at radius 3 is 2.14 bits per heavy atom. The summed E-state index contributed by atoms with van der Waals surface area (Å²) >= 11 is 0. The van der Waals surface area contributed by atoms with Gasteiger partial charge in [0, 0.05) is 11.6 Å². The summed E-state index contributed by atoms with van der Waals surface area (Å²) in [4.78, 5) is 2.30. The summed E-state index contributed by atoms with van der Waals surface area (Å²) < 4.78 is 4.01. The zero-order chi connectivity index (χ0) is 19.1. The Hall–Kier alpha value is -3.54. The first kappa shape index (κ1) is 16.6. The molecule has 1 aliphatic rings. The molecule has 0 spiro atoms. The Morgan fingerprint density at radius 2 is 1.46 bits per heavy atom. The molecule has 0 fully saturated rings. The van der Waals surface area contributed by atoms with Crippen LogP contribution in [0.4, 0.5) is 11.6 Å². The van der Waals surface area contributed by atoms with Crippen molar-refractivity contribution in [3.05, 3.63) is 83.7 Å². The SMILES string of the molecule is Cc1cc(N2CNc3c(c(C)nn3-c3ccccc3)C2)n(-c2ccccc2)n1. The fourth-order valence-electron chi connectivity index (χ4n) is 3.74. The number of hydrogen-bond donors (Lipinski definition) is 1. The van der Waals surface area contributed by atoms with Gasteiger partial charge in [0.05, 0.1) is 36.0 Å². The first-order chi connectivity index (χ1) is 13.7. The fraction of sp³-hybridized carbons (Fsp3) is 0.182. The van der Waals surface area contributed by atoms with Crippen LogP contribution < -0.4 is 10.2 Å². The molecule has 0 unspecified atom stereocenters. The van der Waals surface area contributed by atoms with Gasteiger partial charge < -0.3 is 10.2 Å². The van der Waals surface area contributed by atoms with Crippen molar-refractivity contribution < 1.29 is 0 Å². The third-order valence-corrected chi connectivity index (χ3v) is 5.11. The highest BCUT2D eigenvalue weighted by Gasteiger charge is 2.26. The Morgan fingerprint density at radius 1 is 0.821 bits per heavy atom. The van der Waals surface area contributed by atoms with Crippen molar-refractivity contribution in [3.8, 4) is 11.4 Å². The second-order valence-electron chi connectivity index (χ2n) is 7.08. The molecule has 3 heterocycles. The van der Waals surface area contributed by atoms with Gasteiger partial charge in [-0.2, -0.15) is 10.2 Å². The molecule has 0 bridgehead atoms. The van der Waals surface area contributed by atoms with Gasteiger partial charge in [0.15, 0.2) is 0 Å². The van der Waals surface area contributed by atoms with E-state index in [-0.39, 0.29) is 0 Å². The highest BCUT2D eigenvalue weighted by Crippen LogP contribution is 2.31. The van der Waals surface area contributed by atoms with E-state index in [2.05, 4.69) is 47.5 Å². The first-order valence-electron chi connectivity index (χ1n) is 9.45. The molecule has 1 N–H and O–H groups in total. The van der Waals surface area contributed by atoms with Crippen LogP contribution in [0.2, 0.25) is 0 Å². The summed E-state index contributed by atoms with van der Waals surface area (Å²) in [6.45, 7) is 5.59. The number of aromatic nitrogens is 4. The number of nitrogens with zero attached hydrogens (tertiary/aromatic N) is 5.